The molecule has 0 aromatic heterocycles. The molecule has 0 unspecified atom stereocenters. The second-order valence-corrected chi connectivity index (χ2v) is 6.54. The van der Waals surface area contributed by atoms with Crippen molar-refractivity contribution >= 4 is 31.6 Å². The first-order valence-electron chi connectivity index (χ1n) is 5.21. The van der Waals surface area contributed by atoms with Crippen LogP contribution in [0.2, 0.25) is 0 Å². The van der Waals surface area contributed by atoms with Crippen LogP contribution in [0.4, 0.5) is 5.69 Å². The highest BCUT2D eigenvalue weighted by Gasteiger charge is 2.22. The summed E-state index contributed by atoms with van der Waals surface area (Å²) in [6, 6.07) is 4.70. The van der Waals surface area contributed by atoms with Crippen LogP contribution < -0.4 is 10.5 Å². The molecule has 0 aliphatic heterocycles. The summed E-state index contributed by atoms with van der Waals surface area (Å²) in [6.45, 7) is 0. The molecular weight excluding hydrogens is 304 g/mol. The van der Waals surface area contributed by atoms with Crippen LogP contribution in [-0.4, -0.2) is 14.5 Å². The Kier molecular flexibility index (Phi) is 3.56. The number of anilines is 1. The maximum absolute atomic E-state index is 12.1. The summed E-state index contributed by atoms with van der Waals surface area (Å²) in [4.78, 5) is 0.132. The van der Waals surface area contributed by atoms with Gasteiger partial charge in [0.25, 0.3) is 0 Å². The number of rotatable bonds is 3. The molecule has 0 bridgehead atoms. The van der Waals surface area contributed by atoms with Crippen LogP contribution in [0.1, 0.15) is 12.8 Å². The topological polar surface area (TPSA) is 72.2 Å². The van der Waals surface area contributed by atoms with E-state index in [9.17, 15) is 8.42 Å². The molecule has 1 aromatic carbocycles. The zero-order chi connectivity index (χ0) is 12.5. The number of sulfonamides is 1. The summed E-state index contributed by atoms with van der Waals surface area (Å²) in [5.74, 6) is 0. The van der Waals surface area contributed by atoms with Crippen molar-refractivity contribution in [3.05, 3.63) is 34.8 Å². The van der Waals surface area contributed by atoms with Gasteiger partial charge >= 0.3 is 0 Å². The standard InChI is InChI=1S/C11H13BrN2O2S/c12-8-5-6-11(10(13)7-8)17(15,16)14-9-3-1-2-4-9/h1-2,5-7,9,14H,3-4,13H2. The van der Waals surface area contributed by atoms with Gasteiger partial charge in [0.05, 0.1) is 5.69 Å². The van der Waals surface area contributed by atoms with Crippen LogP contribution >= 0.6 is 15.9 Å². The van der Waals surface area contributed by atoms with Crippen molar-refractivity contribution in [2.45, 2.75) is 23.8 Å². The van der Waals surface area contributed by atoms with Gasteiger partial charge in [-0.2, -0.15) is 0 Å². The van der Waals surface area contributed by atoms with Crippen LogP contribution in [0, 0.1) is 0 Å². The van der Waals surface area contributed by atoms with E-state index in [2.05, 4.69) is 20.7 Å². The minimum Gasteiger partial charge on any atom is -0.398 e. The number of hydrogen-bond acceptors (Lipinski definition) is 3. The molecule has 17 heavy (non-hydrogen) atoms. The van der Waals surface area contributed by atoms with E-state index >= 15 is 0 Å². The van der Waals surface area contributed by atoms with Crippen molar-refractivity contribution in [3.8, 4) is 0 Å². The summed E-state index contributed by atoms with van der Waals surface area (Å²) >= 11 is 3.25. The third kappa shape index (κ3) is 2.88. The molecule has 0 saturated heterocycles. The first-order valence-corrected chi connectivity index (χ1v) is 7.49. The third-order valence-corrected chi connectivity index (χ3v) is 4.68. The maximum Gasteiger partial charge on any atom is 0.242 e. The molecule has 3 N–H and O–H groups in total. The summed E-state index contributed by atoms with van der Waals surface area (Å²) < 4.78 is 27.6. The summed E-state index contributed by atoms with van der Waals surface area (Å²) in [5.41, 5.74) is 5.96. The fourth-order valence-corrected chi connectivity index (χ4v) is 3.51. The minimum absolute atomic E-state index is 0.0527. The molecule has 0 spiro atoms. The molecule has 92 valence electrons. The average molecular weight is 317 g/mol. The first kappa shape index (κ1) is 12.6. The molecule has 2 rings (SSSR count). The number of hydrogen-bond donors (Lipinski definition) is 2. The SMILES string of the molecule is Nc1cc(Br)ccc1S(=O)(=O)NC1CC=CC1. The third-order valence-electron chi connectivity index (χ3n) is 2.59. The van der Waals surface area contributed by atoms with Crippen molar-refractivity contribution in [2.75, 3.05) is 5.73 Å². The Morgan fingerprint density at radius 3 is 2.53 bits per heavy atom. The Hall–Kier alpha value is -0.850. The monoisotopic (exact) mass is 316 g/mol. The molecule has 0 saturated carbocycles. The lowest BCUT2D eigenvalue weighted by Crippen LogP contribution is -2.33. The van der Waals surface area contributed by atoms with E-state index in [1.165, 1.54) is 6.07 Å². The van der Waals surface area contributed by atoms with Gasteiger partial charge in [-0.1, -0.05) is 28.1 Å². The molecule has 0 fully saturated rings. The lowest BCUT2D eigenvalue weighted by Gasteiger charge is -2.14. The van der Waals surface area contributed by atoms with Gasteiger partial charge in [-0.25, -0.2) is 13.1 Å². The van der Waals surface area contributed by atoms with Crippen LogP contribution in [0.3, 0.4) is 0 Å². The van der Waals surface area contributed by atoms with Gasteiger partial charge in [0, 0.05) is 10.5 Å². The Balaban J connectivity index is 2.25. The van der Waals surface area contributed by atoms with Gasteiger partial charge in [-0.3, -0.25) is 0 Å². The Morgan fingerprint density at radius 1 is 1.29 bits per heavy atom. The van der Waals surface area contributed by atoms with Crippen LogP contribution in [0.5, 0.6) is 0 Å². The first-order chi connectivity index (χ1) is 7.99. The zero-order valence-corrected chi connectivity index (χ0v) is 11.5. The van der Waals surface area contributed by atoms with Gasteiger partial charge in [0.1, 0.15) is 4.90 Å². The molecule has 1 aliphatic carbocycles. The average Bonchev–Trinajstić information content (AvgIpc) is 2.68. The van der Waals surface area contributed by atoms with E-state index < -0.39 is 10.0 Å². The fourth-order valence-electron chi connectivity index (χ4n) is 1.76. The van der Waals surface area contributed by atoms with E-state index in [1.54, 1.807) is 12.1 Å². The highest BCUT2D eigenvalue weighted by molar-refractivity contribution is 9.10. The van der Waals surface area contributed by atoms with Crippen molar-refractivity contribution in [2.24, 2.45) is 0 Å². The molecule has 1 aromatic rings. The maximum atomic E-state index is 12.1. The van der Waals surface area contributed by atoms with Gasteiger partial charge in [-0.05, 0) is 31.0 Å². The van der Waals surface area contributed by atoms with Crippen molar-refractivity contribution in [3.63, 3.8) is 0 Å². The molecule has 0 atom stereocenters. The molecular formula is C11H13BrN2O2S. The highest BCUT2D eigenvalue weighted by Crippen LogP contribution is 2.23. The second kappa shape index (κ2) is 4.80. The predicted molar refractivity (Wildman–Crippen MR) is 71.0 cm³/mol. The number of nitrogen functional groups attached to an aromatic ring is 1. The quantitative estimate of drug-likeness (QED) is 0.662. The molecule has 0 heterocycles. The molecule has 0 radical (unpaired) electrons. The number of nitrogens with one attached hydrogen (secondary N) is 1. The largest absolute Gasteiger partial charge is 0.398 e. The minimum atomic E-state index is -3.53. The summed E-state index contributed by atoms with van der Waals surface area (Å²) in [6.07, 6.45) is 5.40. The van der Waals surface area contributed by atoms with Crippen molar-refractivity contribution < 1.29 is 8.42 Å². The van der Waals surface area contributed by atoms with E-state index in [0.29, 0.717) is 0 Å². The molecule has 0 amide bonds. The lowest BCUT2D eigenvalue weighted by molar-refractivity contribution is 0.558. The molecule has 4 nitrogen and oxygen atoms in total. The summed E-state index contributed by atoms with van der Waals surface area (Å²) in [5, 5.41) is 0. The van der Waals surface area contributed by atoms with E-state index in [1.807, 2.05) is 12.2 Å². The van der Waals surface area contributed by atoms with Crippen LogP contribution in [-0.2, 0) is 10.0 Å². The highest BCUT2D eigenvalue weighted by atomic mass is 79.9. The van der Waals surface area contributed by atoms with Crippen LogP contribution in [0.15, 0.2) is 39.7 Å². The number of nitrogens with two attached hydrogens (primary N) is 1. The van der Waals surface area contributed by atoms with E-state index in [-0.39, 0.29) is 16.6 Å². The van der Waals surface area contributed by atoms with Gasteiger partial charge < -0.3 is 5.73 Å². The zero-order valence-electron chi connectivity index (χ0n) is 9.06. The number of halogens is 1. The summed E-state index contributed by atoms with van der Waals surface area (Å²) in [7, 11) is -3.53. The Morgan fingerprint density at radius 2 is 1.94 bits per heavy atom. The van der Waals surface area contributed by atoms with Gasteiger partial charge in [-0.15, -0.1) is 0 Å². The Labute approximate surface area is 109 Å². The predicted octanol–water partition coefficient (Wildman–Crippen LogP) is 2.03. The Bertz CT molecular complexity index is 547. The fraction of sp³-hybridized carbons (Fsp3) is 0.273. The van der Waals surface area contributed by atoms with Crippen molar-refractivity contribution in [1.82, 2.24) is 4.72 Å². The van der Waals surface area contributed by atoms with E-state index in [4.69, 9.17) is 5.73 Å². The normalized spacial score (nSPS) is 16.5. The van der Waals surface area contributed by atoms with Crippen molar-refractivity contribution in [1.29, 1.82) is 0 Å². The number of benzene rings is 1. The second-order valence-electron chi connectivity index (χ2n) is 3.94. The lowest BCUT2D eigenvalue weighted by atomic mass is 10.3. The van der Waals surface area contributed by atoms with Gasteiger partial charge in [0.15, 0.2) is 0 Å². The van der Waals surface area contributed by atoms with Gasteiger partial charge in [0.2, 0.25) is 10.0 Å². The van der Waals surface area contributed by atoms with Crippen LogP contribution in [0.25, 0.3) is 0 Å². The smallest absolute Gasteiger partial charge is 0.242 e. The molecule has 6 heteroatoms. The molecule has 1 aliphatic rings. The van der Waals surface area contributed by atoms with E-state index in [0.717, 1.165) is 17.3 Å².